The highest BCUT2D eigenvalue weighted by Gasteiger charge is 2.20. The second-order valence-electron chi connectivity index (χ2n) is 6.97. The number of fused-ring (bicyclic) bond motifs is 2. The summed E-state index contributed by atoms with van der Waals surface area (Å²) in [4.78, 5) is 1.36. The van der Waals surface area contributed by atoms with Gasteiger partial charge in [0.2, 0.25) is 0 Å². The highest BCUT2D eigenvalue weighted by atomic mass is 32.1. The van der Waals surface area contributed by atoms with Crippen LogP contribution < -0.4 is 0 Å². The van der Waals surface area contributed by atoms with Crippen LogP contribution in [0.15, 0.2) is 48.4 Å². The molecule has 0 unspecified atom stereocenters. The molecule has 2 nitrogen and oxygen atoms in total. The molecule has 3 heterocycles. The number of para-hydroxylation sites is 1. The summed E-state index contributed by atoms with van der Waals surface area (Å²) < 4.78 is 4.90. The molecule has 0 bridgehead atoms. The summed E-state index contributed by atoms with van der Waals surface area (Å²) in [5.74, 6) is 0. The third-order valence-corrected chi connectivity index (χ3v) is 6.19. The van der Waals surface area contributed by atoms with Crippen LogP contribution in [0.4, 0.5) is 0 Å². The molecular weight excluding hydrogens is 336 g/mol. The second kappa shape index (κ2) is 6.81. The van der Waals surface area contributed by atoms with Crippen LogP contribution >= 0.6 is 11.3 Å². The minimum atomic E-state index is 1.03. The standard InChI is InChI=1S/C23H26N2S/c1-5-12-24-17(4)22(19-9-7-8-10-20(19)24)16(3)21-15-18-11-14-26-23(18)25(21)13-6-2/h7-11,14-15H,3,5-6,12-13H2,1-2,4H3. The summed E-state index contributed by atoms with van der Waals surface area (Å²) in [6.45, 7) is 13.4. The third-order valence-electron chi connectivity index (χ3n) is 5.24. The van der Waals surface area contributed by atoms with E-state index in [4.69, 9.17) is 0 Å². The fourth-order valence-electron chi connectivity index (χ4n) is 4.12. The van der Waals surface area contributed by atoms with Crippen LogP contribution in [0.25, 0.3) is 26.7 Å². The molecule has 0 aliphatic rings. The maximum atomic E-state index is 4.57. The molecule has 0 N–H and O–H groups in total. The predicted molar refractivity (Wildman–Crippen MR) is 115 cm³/mol. The number of thiophene rings is 1. The maximum absolute atomic E-state index is 4.57. The molecule has 0 aliphatic heterocycles. The quantitative estimate of drug-likeness (QED) is 0.355. The predicted octanol–water partition coefficient (Wildman–Crippen LogP) is 6.85. The van der Waals surface area contributed by atoms with Crippen molar-refractivity contribution in [1.29, 1.82) is 0 Å². The maximum Gasteiger partial charge on any atom is 0.103 e. The Morgan fingerprint density at radius 1 is 1.04 bits per heavy atom. The van der Waals surface area contributed by atoms with E-state index in [1.807, 2.05) is 11.3 Å². The first-order valence-electron chi connectivity index (χ1n) is 9.51. The summed E-state index contributed by atoms with van der Waals surface area (Å²) in [6, 6.07) is 13.3. The van der Waals surface area contributed by atoms with E-state index in [2.05, 4.69) is 78.3 Å². The van der Waals surface area contributed by atoms with Crippen molar-refractivity contribution in [3.8, 4) is 0 Å². The molecule has 4 aromatic rings. The lowest BCUT2D eigenvalue weighted by atomic mass is 10.0. The lowest BCUT2D eigenvalue weighted by Crippen LogP contribution is -2.03. The molecular formula is C23H26N2S. The van der Waals surface area contributed by atoms with Gasteiger partial charge in [-0.05, 0) is 43.3 Å². The zero-order chi connectivity index (χ0) is 18.3. The molecule has 0 atom stereocenters. The molecule has 134 valence electrons. The van der Waals surface area contributed by atoms with E-state index in [9.17, 15) is 0 Å². The third kappa shape index (κ3) is 2.53. The molecule has 0 amide bonds. The van der Waals surface area contributed by atoms with Crippen LogP contribution in [0.2, 0.25) is 0 Å². The van der Waals surface area contributed by atoms with Crippen molar-refractivity contribution in [2.24, 2.45) is 0 Å². The summed E-state index contributed by atoms with van der Waals surface area (Å²) in [5, 5.41) is 4.83. The molecule has 3 heteroatoms. The SMILES string of the molecule is C=C(c1c(C)n(CCC)c2ccccc12)c1cc2ccsc2n1CCC. The number of rotatable bonds is 6. The minimum absolute atomic E-state index is 1.03. The van der Waals surface area contributed by atoms with Gasteiger partial charge in [-0.2, -0.15) is 0 Å². The van der Waals surface area contributed by atoms with Gasteiger partial charge < -0.3 is 9.13 Å². The van der Waals surface area contributed by atoms with Gasteiger partial charge in [0, 0.05) is 51.9 Å². The molecule has 0 aliphatic carbocycles. The number of nitrogens with zero attached hydrogens (tertiary/aromatic N) is 2. The first-order valence-corrected chi connectivity index (χ1v) is 10.4. The van der Waals surface area contributed by atoms with Gasteiger partial charge in [0.1, 0.15) is 4.83 Å². The van der Waals surface area contributed by atoms with E-state index < -0.39 is 0 Å². The molecule has 0 saturated heterocycles. The zero-order valence-electron chi connectivity index (χ0n) is 15.9. The van der Waals surface area contributed by atoms with Crippen molar-refractivity contribution in [2.45, 2.75) is 46.7 Å². The van der Waals surface area contributed by atoms with Gasteiger partial charge in [-0.3, -0.25) is 0 Å². The van der Waals surface area contributed by atoms with Crippen molar-refractivity contribution in [2.75, 3.05) is 0 Å². The van der Waals surface area contributed by atoms with Gasteiger partial charge in [-0.1, -0.05) is 38.6 Å². The summed E-state index contributed by atoms with van der Waals surface area (Å²) in [6.07, 6.45) is 2.26. The van der Waals surface area contributed by atoms with E-state index in [0.717, 1.165) is 31.5 Å². The normalized spacial score (nSPS) is 11.7. The van der Waals surface area contributed by atoms with Crippen molar-refractivity contribution < 1.29 is 0 Å². The molecule has 3 aromatic heterocycles. The number of hydrogen-bond donors (Lipinski definition) is 0. The molecule has 26 heavy (non-hydrogen) atoms. The van der Waals surface area contributed by atoms with Crippen molar-refractivity contribution >= 4 is 38.0 Å². The van der Waals surface area contributed by atoms with E-state index in [1.165, 1.54) is 38.1 Å². The van der Waals surface area contributed by atoms with Crippen molar-refractivity contribution in [1.82, 2.24) is 9.13 Å². The number of aryl methyl sites for hydroxylation is 2. The highest BCUT2D eigenvalue weighted by Crippen LogP contribution is 2.37. The topological polar surface area (TPSA) is 9.86 Å². The molecule has 0 radical (unpaired) electrons. The Kier molecular flexibility index (Phi) is 4.49. The van der Waals surface area contributed by atoms with Gasteiger partial charge in [-0.15, -0.1) is 11.3 Å². The Balaban J connectivity index is 1.94. The second-order valence-corrected chi connectivity index (χ2v) is 7.86. The van der Waals surface area contributed by atoms with Gasteiger partial charge in [0.25, 0.3) is 0 Å². The Morgan fingerprint density at radius 2 is 1.77 bits per heavy atom. The average molecular weight is 363 g/mol. The lowest BCUT2D eigenvalue weighted by molar-refractivity contribution is 0.684. The molecule has 0 spiro atoms. The van der Waals surface area contributed by atoms with Crippen LogP contribution in [0, 0.1) is 6.92 Å². The minimum Gasteiger partial charge on any atom is -0.344 e. The van der Waals surface area contributed by atoms with Crippen LogP contribution in [-0.4, -0.2) is 9.13 Å². The number of benzene rings is 1. The largest absolute Gasteiger partial charge is 0.344 e. The fraction of sp³-hybridized carbons (Fsp3) is 0.304. The Bertz CT molecular complexity index is 1090. The average Bonchev–Trinajstić information content (AvgIpc) is 3.30. The number of hydrogen-bond acceptors (Lipinski definition) is 1. The van der Waals surface area contributed by atoms with Gasteiger partial charge in [-0.25, -0.2) is 0 Å². The Morgan fingerprint density at radius 3 is 2.54 bits per heavy atom. The van der Waals surface area contributed by atoms with Gasteiger partial charge in [0.05, 0.1) is 0 Å². The Hall–Kier alpha value is -2.26. The lowest BCUT2D eigenvalue weighted by Gasteiger charge is -2.13. The molecule has 1 aromatic carbocycles. The van der Waals surface area contributed by atoms with E-state index in [0.29, 0.717) is 0 Å². The number of aromatic nitrogens is 2. The van der Waals surface area contributed by atoms with Crippen LogP contribution in [-0.2, 0) is 13.1 Å². The van der Waals surface area contributed by atoms with Crippen LogP contribution in [0.1, 0.15) is 43.6 Å². The Labute approximate surface area is 159 Å². The van der Waals surface area contributed by atoms with E-state index >= 15 is 0 Å². The first-order chi connectivity index (χ1) is 12.7. The van der Waals surface area contributed by atoms with Crippen LogP contribution in [0.3, 0.4) is 0 Å². The smallest absolute Gasteiger partial charge is 0.103 e. The van der Waals surface area contributed by atoms with Crippen molar-refractivity contribution in [3.05, 3.63) is 65.3 Å². The monoisotopic (exact) mass is 362 g/mol. The zero-order valence-corrected chi connectivity index (χ0v) is 16.7. The summed E-state index contributed by atoms with van der Waals surface area (Å²) in [7, 11) is 0. The first kappa shape index (κ1) is 17.2. The summed E-state index contributed by atoms with van der Waals surface area (Å²) >= 11 is 1.83. The summed E-state index contributed by atoms with van der Waals surface area (Å²) in [5.41, 5.74) is 6.35. The molecule has 0 fully saturated rings. The highest BCUT2D eigenvalue weighted by molar-refractivity contribution is 7.16. The molecule has 4 rings (SSSR count). The van der Waals surface area contributed by atoms with Crippen molar-refractivity contribution in [3.63, 3.8) is 0 Å². The van der Waals surface area contributed by atoms with Gasteiger partial charge >= 0.3 is 0 Å². The molecule has 0 saturated carbocycles. The van der Waals surface area contributed by atoms with E-state index in [-0.39, 0.29) is 0 Å². The van der Waals surface area contributed by atoms with Crippen LogP contribution in [0.5, 0.6) is 0 Å². The van der Waals surface area contributed by atoms with E-state index in [1.54, 1.807) is 0 Å². The fourth-order valence-corrected chi connectivity index (χ4v) is 5.05. The van der Waals surface area contributed by atoms with Gasteiger partial charge in [0.15, 0.2) is 0 Å².